The molecule has 4 nitrogen and oxygen atoms in total. The number of halogens is 4. The zero-order valence-corrected chi connectivity index (χ0v) is 12.6. The minimum Gasteiger partial charge on any atom is -0.484 e. The second-order valence-corrected chi connectivity index (χ2v) is 5.12. The zero-order chi connectivity index (χ0) is 16.9. The van der Waals surface area contributed by atoms with Crippen molar-refractivity contribution in [1.29, 1.82) is 0 Å². The molecule has 2 rings (SSSR count). The molecule has 23 heavy (non-hydrogen) atoms. The molecule has 1 aromatic heterocycles. The SMILES string of the molecule is O=C(COc1ccc(Cl)cc1)N(Cc1ccco1)CC(F)(F)F. The summed E-state index contributed by atoms with van der Waals surface area (Å²) in [6, 6.07) is 9.19. The van der Waals surface area contributed by atoms with Crippen molar-refractivity contribution in [3.63, 3.8) is 0 Å². The Hall–Kier alpha value is -2.15. The Kier molecular flexibility index (Phi) is 5.54. The van der Waals surface area contributed by atoms with Crippen molar-refractivity contribution >= 4 is 17.5 Å². The van der Waals surface area contributed by atoms with Crippen LogP contribution in [0.3, 0.4) is 0 Å². The van der Waals surface area contributed by atoms with Gasteiger partial charge in [-0.1, -0.05) is 11.6 Å². The van der Waals surface area contributed by atoms with Crippen LogP contribution in [0, 0.1) is 0 Å². The predicted molar refractivity (Wildman–Crippen MR) is 77.1 cm³/mol. The van der Waals surface area contributed by atoms with Crippen molar-refractivity contribution in [2.75, 3.05) is 13.2 Å². The molecule has 0 spiro atoms. The highest BCUT2D eigenvalue weighted by molar-refractivity contribution is 6.30. The molecule has 0 fully saturated rings. The maximum atomic E-state index is 12.6. The Morgan fingerprint density at radius 3 is 2.48 bits per heavy atom. The molecular weight excluding hydrogens is 335 g/mol. The topological polar surface area (TPSA) is 42.7 Å². The maximum Gasteiger partial charge on any atom is 0.406 e. The fraction of sp³-hybridized carbons (Fsp3) is 0.267. The van der Waals surface area contributed by atoms with E-state index in [0.717, 1.165) is 0 Å². The van der Waals surface area contributed by atoms with Gasteiger partial charge in [0.2, 0.25) is 0 Å². The lowest BCUT2D eigenvalue weighted by atomic mass is 10.3. The smallest absolute Gasteiger partial charge is 0.406 e. The van der Waals surface area contributed by atoms with Crippen LogP contribution in [0.25, 0.3) is 0 Å². The van der Waals surface area contributed by atoms with Gasteiger partial charge in [0, 0.05) is 5.02 Å². The molecule has 0 aliphatic heterocycles. The van der Waals surface area contributed by atoms with Crippen LogP contribution in [0.15, 0.2) is 47.1 Å². The summed E-state index contributed by atoms with van der Waals surface area (Å²) in [7, 11) is 0. The number of carbonyl (C=O) groups is 1. The van der Waals surface area contributed by atoms with Crippen LogP contribution in [-0.4, -0.2) is 30.1 Å². The van der Waals surface area contributed by atoms with E-state index in [9.17, 15) is 18.0 Å². The van der Waals surface area contributed by atoms with Crippen molar-refractivity contribution < 1.29 is 27.1 Å². The Morgan fingerprint density at radius 2 is 1.91 bits per heavy atom. The quantitative estimate of drug-likeness (QED) is 0.796. The highest BCUT2D eigenvalue weighted by Crippen LogP contribution is 2.19. The molecule has 8 heteroatoms. The molecule has 0 N–H and O–H groups in total. The number of benzene rings is 1. The highest BCUT2D eigenvalue weighted by atomic mass is 35.5. The van der Waals surface area contributed by atoms with Crippen LogP contribution in [0.5, 0.6) is 5.75 Å². The molecule has 1 amide bonds. The number of carbonyl (C=O) groups excluding carboxylic acids is 1. The van der Waals surface area contributed by atoms with Gasteiger partial charge in [0.25, 0.3) is 5.91 Å². The molecule has 0 unspecified atom stereocenters. The van der Waals surface area contributed by atoms with Crippen molar-refractivity contribution in [3.05, 3.63) is 53.4 Å². The summed E-state index contributed by atoms with van der Waals surface area (Å²) in [4.78, 5) is 12.7. The first-order valence-electron chi connectivity index (χ1n) is 6.59. The van der Waals surface area contributed by atoms with E-state index in [-0.39, 0.29) is 12.3 Å². The van der Waals surface area contributed by atoms with Gasteiger partial charge in [0.1, 0.15) is 18.1 Å². The predicted octanol–water partition coefficient (Wildman–Crippen LogP) is 3.90. The summed E-state index contributed by atoms with van der Waals surface area (Å²) in [5.41, 5.74) is 0. The third-order valence-corrected chi connectivity index (χ3v) is 3.08. The van der Waals surface area contributed by atoms with Gasteiger partial charge >= 0.3 is 6.18 Å². The lowest BCUT2D eigenvalue weighted by Crippen LogP contribution is -2.40. The molecule has 124 valence electrons. The molecule has 2 aromatic rings. The number of amides is 1. The molecule has 0 atom stereocenters. The normalized spacial score (nSPS) is 11.3. The molecule has 1 aromatic carbocycles. The second-order valence-electron chi connectivity index (χ2n) is 4.69. The van der Waals surface area contributed by atoms with Crippen molar-refractivity contribution in [2.24, 2.45) is 0 Å². The van der Waals surface area contributed by atoms with Gasteiger partial charge < -0.3 is 14.1 Å². The molecule has 0 saturated heterocycles. The maximum absolute atomic E-state index is 12.6. The lowest BCUT2D eigenvalue weighted by Gasteiger charge is -2.23. The van der Waals surface area contributed by atoms with Crippen molar-refractivity contribution in [3.8, 4) is 5.75 Å². The van der Waals surface area contributed by atoms with Crippen LogP contribution in [0.2, 0.25) is 5.02 Å². The van der Waals surface area contributed by atoms with Gasteiger partial charge in [-0.05, 0) is 36.4 Å². The van der Waals surface area contributed by atoms with Gasteiger partial charge in [0.05, 0.1) is 12.8 Å². The summed E-state index contributed by atoms with van der Waals surface area (Å²) in [5, 5.41) is 0.486. The standard InChI is InChI=1S/C15H13ClF3NO3/c16-11-3-5-12(6-4-11)23-9-14(21)20(10-15(17,18)19)8-13-2-1-7-22-13/h1-7H,8-10H2. The number of furan rings is 1. The van der Waals surface area contributed by atoms with E-state index in [0.29, 0.717) is 15.7 Å². The van der Waals surface area contributed by atoms with Crippen molar-refractivity contribution in [1.82, 2.24) is 4.90 Å². The van der Waals surface area contributed by atoms with Crippen LogP contribution in [0.1, 0.15) is 5.76 Å². The van der Waals surface area contributed by atoms with E-state index in [1.54, 1.807) is 12.1 Å². The molecule has 0 radical (unpaired) electrons. The van der Waals surface area contributed by atoms with Crippen LogP contribution in [0.4, 0.5) is 13.2 Å². The number of ether oxygens (including phenoxy) is 1. The molecule has 0 saturated carbocycles. The zero-order valence-electron chi connectivity index (χ0n) is 11.8. The Labute approximate surface area is 135 Å². The number of rotatable bonds is 6. The number of nitrogens with zero attached hydrogens (tertiary/aromatic N) is 1. The average molecular weight is 348 g/mol. The molecular formula is C15H13ClF3NO3. The second kappa shape index (κ2) is 7.41. The highest BCUT2D eigenvalue weighted by Gasteiger charge is 2.33. The van der Waals surface area contributed by atoms with E-state index < -0.39 is 25.2 Å². The number of hydrogen-bond donors (Lipinski definition) is 0. The van der Waals surface area contributed by atoms with Crippen molar-refractivity contribution in [2.45, 2.75) is 12.7 Å². The third-order valence-electron chi connectivity index (χ3n) is 2.83. The molecule has 0 bridgehead atoms. The van der Waals surface area contributed by atoms with Gasteiger partial charge in [-0.15, -0.1) is 0 Å². The minimum absolute atomic E-state index is 0.258. The average Bonchev–Trinajstić information content (AvgIpc) is 2.97. The van der Waals surface area contributed by atoms with Gasteiger partial charge in [-0.3, -0.25) is 4.79 Å². The van der Waals surface area contributed by atoms with Gasteiger partial charge in [-0.2, -0.15) is 13.2 Å². The molecule has 0 aliphatic rings. The molecule has 1 heterocycles. The first kappa shape index (κ1) is 17.2. The lowest BCUT2D eigenvalue weighted by molar-refractivity contribution is -0.164. The fourth-order valence-corrected chi connectivity index (χ4v) is 1.93. The van der Waals surface area contributed by atoms with Crippen LogP contribution in [-0.2, 0) is 11.3 Å². The third kappa shape index (κ3) is 5.86. The minimum atomic E-state index is -4.51. The molecule has 0 aliphatic carbocycles. The first-order chi connectivity index (χ1) is 10.8. The van der Waals surface area contributed by atoms with E-state index in [2.05, 4.69) is 0 Å². The van der Waals surface area contributed by atoms with Gasteiger partial charge in [0.15, 0.2) is 6.61 Å². The number of hydrogen-bond acceptors (Lipinski definition) is 3. The van der Waals surface area contributed by atoms with Crippen LogP contribution < -0.4 is 4.74 Å². The summed E-state index contributed by atoms with van der Waals surface area (Å²) >= 11 is 5.71. The van der Waals surface area contributed by atoms with E-state index in [4.69, 9.17) is 20.8 Å². The monoisotopic (exact) mass is 347 g/mol. The van der Waals surface area contributed by atoms with Gasteiger partial charge in [-0.25, -0.2) is 0 Å². The van der Waals surface area contributed by atoms with E-state index in [1.807, 2.05) is 0 Å². The largest absolute Gasteiger partial charge is 0.484 e. The Morgan fingerprint density at radius 1 is 1.22 bits per heavy atom. The first-order valence-corrected chi connectivity index (χ1v) is 6.96. The summed E-state index contributed by atoms with van der Waals surface area (Å²) in [5.74, 6) is -0.199. The Bertz CT molecular complexity index is 626. The Balaban J connectivity index is 1.98. The number of alkyl halides is 3. The van der Waals surface area contributed by atoms with E-state index in [1.165, 1.54) is 30.5 Å². The summed E-state index contributed by atoms with van der Waals surface area (Å²) in [6.07, 6.45) is -3.18. The van der Waals surface area contributed by atoms with Crippen LogP contribution >= 0.6 is 11.6 Å². The summed E-state index contributed by atoms with van der Waals surface area (Å²) in [6.45, 7) is -2.18. The fourth-order valence-electron chi connectivity index (χ4n) is 1.81. The van der Waals surface area contributed by atoms with E-state index >= 15 is 0 Å². The summed E-state index contributed by atoms with van der Waals surface area (Å²) < 4.78 is 48.0.